The SMILES string of the molecule is CC(CO)(CCOC1CCCC1)NC1CC1. The Morgan fingerprint density at radius 3 is 2.50 bits per heavy atom. The number of aliphatic hydroxyl groups is 1. The van der Waals surface area contributed by atoms with E-state index in [9.17, 15) is 5.11 Å². The normalized spacial score (nSPS) is 25.9. The first-order valence-electron chi connectivity index (χ1n) is 6.72. The lowest BCUT2D eigenvalue weighted by molar-refractivity contribution is 0.0345. The highest BCUT2D eigenvalue weighted by Crippen LogP contribution is 2.25. The van der Waals surface area contributed by atoms with Crippen LogP contribution in [0.3, 0.4) is 0 Å². The molecular weight excluding hydrogens is 202 g/mol. The maximum Gasteiger partial charge on any atom is 0.0611 e. The molecule has 0 spiro atoms. The molecule has 2 N–H and O–H groups in total. The van der Waals surface area contributed by atoms with E-state index in [1.165, 1.54) is 38.5 Å². The zero-order valence-electron chi connectivity index (χ0n) is 10.4. The average Bonchev–Trinajstić information content (AvgIpc) is 2.92. The van der Waals surface area contributed by atoms with E-state index >= 15 is 0 Å². The fourth-order valence-electron chi connectivity index (χ4n) is 2.42. The van der Waals surface area contributed by atoms with Crippen LogP contribution in [0.5, 0.6) is 0 Å². The summed E-state index contributed by atoms with van der Waals surface area (Å²) in [6.45, 7) is 3.09. The van der Waals surface area contributed by atoms with Gasteiger partial charge in [0.2, 0.25) is 0 Å². The molecule has 0 saturated heterocycles. The average molecular weight is 227 g/mol. The predicted molar refractivity (Wildman–Crippen MR) is 64.5 cm³/mol. The van der Waals surface area contributed by atoms with E-state index in [1.807, 2.05) is 0 Å². The van der Waals surface area contributed by atoms with E-state index in [0.717, 1.165) is 13.0 Å². The predicted octanol–water partition coefficient (Wildman–Crippen LogP) is 1.84. The third-order valence-electron chi connectivity index (χ3n) is 3.79. The monoisotopic (exact) mass is 227 g/mol. The highest BCUT2D eigenvalue weighted by molar-refractivity contribution is 4.92. The second-order valence-electron chi connectivity index (χ2n) is 5.66. The lowest BCUT2D eigenvalue weighted by Crippen LogP contribution is -2.47. The van der Waals surface area contributed by atoms with Crippen LogP contribution in [0.1, 0.15) is 51.9 Å². The van der Waals surface area contributed by atoms with Gasteiger partial charge in [-0.05, 0) is 39.0 Å². The van der Waals surface area contributed by atoms with Crippen molar-refractivity contribution in [3.63, 3.8) is 0 Å². The molecule has 2 aliphatic carbocycles. The molecule has 0 heterocycles. The van der Waals surface area contributed by atoms with Gasteiger partial charge < -0.3 is 15.2 Å². The largest absolute Gasteiger partial charge is 0.394 e. The van der Waals surface area contributed by atoms with E-state index in [4.69, 9.17) is 4.74 Å². The molecule has 0 radical (unpaired) electrons. The van der Waals surface area contributed by atoms with E-state index in [0.29, 0.717) is 12.1 Å². The molecule has 16 heavy (non-hydrogen) atoms. The Balaban J connectivity index is 1.64. The van der Waals surface area contributed by atoms with Gasteiger partial charge in [0.15, 0.2) is 0 Å². The van der Waals surface area contributed by atoms with Gasteiger partial charge in [0, 0.05) is 18.2 Å². The Hall–Kier alpha value is -0.120. The Bertz CT molecular complexity index is 212. The summed E-state index contributed by atoms with van der Waals surface area (Å²) >= 11 is 0. The highest BCUT2D eigenvalue weighted by Gasteiger charge is 2.31. The second kappa shape index (κ2) is 5.48. The molecule has 0 bridgehead atoms. The number of ether oxygens (including phenoxy) is 1. The molecule has 0 aromatic heterocycles. The summed E-state index contributed by atoms with van der Waals surface area (Å²) in [6, 6.07) is 0.642. The van der Waals surface area contributed by atoms with Gasteiger partial charge in [-0.15, -0.1) is 0 Å². The smallest absolute Gasteiger partial charge is 0.0611 e. The zero-order valence-corrected chi connectivity index (χ0v) is 10.4. The van der Waals surface area contributed by atoms with Crippen molar-refractivity contribution in [1.29, 1.82) is 0 Å². The summed E-state index contributed by atoms with van der Waals surface area (Å²) < 4.78 is 5.85. The van der Waals surface area contributed by atoms with Crippen LogP contribution in [0.2, 0.25) is 0 Å². The maximum atomic E-state index is 9.44. The van der Waals surface area contributed by atoms with Gasteiger partial charge in [-0.1, -0.05) is 12.8 Å². The second-order valence-corrected chi connectivity index (χ2v) is 5.66. The number of aliphatic hydroxyl groups excluding tert-OH is 1. The van der Waals surface area contributed by atoms with Crippen molar-refractivity contribution in [2.24, 2.45) is 0 Å². The number of nitrogens with one attached hydrogen (secondary N) is 1. The van der Waals surface area contributed by atoms with Gasteiger partial charge in [0.05, 0.1) is 12.7 Å². The van der Waals surface area contributed by atoms with E-state index in [-0.39, 0.29) is 12.1 Å². The van der Waals surface area contributed by atoms with Crippen LogP contribution in [-0.4, -0.2) is 36.0 Å². The molecule has 0 aromatic rings. The zero-order chi connectivity index (χ0) is 11.4. The van der Waals surface area contributed by atoms with E-state index < -0.39 is 0 Å². The lowest BCUT2D eigenvalue weighted by atomic mass is 9.99. The van der Waals surface area contributed by atoms with E-state index in [1.54, 1.807) is 0 Å². The Kier molecular flexibility index (Phi) is 4.22. The first-order chi connectivity index (χ1) is 7.72. The standard InChI is InChI=1S/C13H25NO2/c1-13(10-15,14-11-6-7-11)8-9-16-12-4-2-3-5-12/h11-12,14-15H,2-10H2,1H3. The molecule has 0 aliphatic heterocycles. The maximum absolute atomic E-state index is 9.44. The highest BCUT2D eigenvalue weighted by atomic mass is 16.5. The van der Waals surface area contributed by atoms with Gasteiger partial charge in [-0.3, -0.25) is 0 Å². The molecule has 2 rings (SSSR count). The van der Waals surface area contributed by atoms with Crippen LogP contribution in [0, 0.1) is 0 Å². The molecule has 2 fully saturated rings. The topological polar surface area (TPSA) is 41.5 Å². The van der Waals surface area contributed by atoms with Crippen LogP contribution in [0.4, 0.5) is 0 Å². The molecule has 2 saturated carbocycles. The molecule has 0 amide bonds. The molecule has 0 aromatic carbocycles. The molecule has 3 heteroatoms. The first kappa shape index (κ1) is 12.3. The molecular formula is C13H25NO2. The Morgan fingerprint density at radius 2 is 1.94 bits per heavy atom. The summed E-state index contributed by atoms with van der Waals surface area (Å²) in [5.41, 5.74) is -0.139. The summed E-state index contributed by atoms with van der Waals surface area (Å²) in [7, 11) is 0. The third-order valence-corrected chi connectivity index (χ3v) is 3.79. The van der Waals surface area contributed by atoms with Gasteiger partial charge in [0.1, 0.15) is 0 Å². The van der Waals surface area contributed by atoms with Crippen molar-refractivity contribution in [2.75, 3.05) is 13.2 Å². The number of rotatable bonds is 7. The van der Waals surface area contributed by atoms with Crippen LogP contribution in [0.15, 0.2) is 0 Å². The van der Waals surface area contributed by atoms with Crippen molar-refractivity contribution in [3.05, 3.63) is 0 Å². The van der Waals surface area contributed by atoms with Crippen LogP contribution in [0.25, 0.3) is 0 Å². The van der Waals surface area contributed by atoms with Crippen LogP contribution >= 0.6 is 0 Å². The molecule has 1 unspecified atom stereocenters. The fourth-order valence-corrected chi connectivity index (χ4v) is 2.42. The fraction of sp³-hybridized carbons (Fsp3) is 1.00. The van der Waals surface area contributed by atoms with Gasteiger partial charge in [-0.25, -0.2) is 0 Å². The van der Waals surface area contributed by atoms with Crippen molar-refractivity contribution in [1.82, 2.24) is 5.32 Å². The Labute approximate surface area is 98.6 Å². The number of hydrogen-bond donors (Lipinski definition) is 2. The first-order valence-corrected chi connectivity index (χ1v) is 6.72. The van der Waals surface area contributed by atoms with Gasteiger partial charge >= 0.3 is 0 Å². The third kappa shape index (κ3) is 3.72. The summed E-state index contributed by atoms with van der Waals surface area (Å²) in [5, 5.41) is 12.9. The van der Waals surface area contributed by atoms with Crippen molar-refractivity contribution < 1.29 is 9.84 Å². The minimum absolute atomic E-state index is 0.139. The van der Waals surface area contributed by atoms with Crippen LogP contribution < -0.4 is 5.32 Å². The quantitative estimate of drug-likeness (QED) is 0.697. The van der Waals surface area contributed by atoms with Gasteiger partial charge in [-0.2, -0.15) is 0 Å². The minimum atomic E-state index is -0.139. The Morgan fingerprint density at radius 1 is 1.25 bits per heavy atom. The van der Waals surface area contributed by atoms with Gasteiger partial charge in [0.25, 0.3) is 0 Å². The van der Waals surface area contributed by atoms with Crippen molar-refractivity contribution >= 4 is 0 Å². The summed E-state index contributed by atoms with van der Waals surface area (Å²) in [4.78, 5) is 0. The number of hydrogen-bond acceptors (Lipinski definition) is 3. The molecule has 1 atom stereocenters. The van der Waals surface area contributed by atoms with E-state index in [2.05, 4.69) is 12.2 Å². The van der Waals surface area contributed by atoms with Crippen molar-refractivity contribution in [3.8, 4) is 0 Å². The van der Waals surface area contributed by atoms with Crippen LogP contribution in [-0.2, 0) is 4.74 Å². The lowest BCUT2D eigenvalue weighted by Gasteiger charge is -2.29. The molecule has 2 aliphatic rings. The van der Waals surface area contributed by atoms with Crippen molar-refractivity contribution in [2.45, 2.75) is 69.6 Å². The molecule has 94 valence electrons. The summed E-state index contributed by atoms with van der Waals surface area (Å²) in [5.74, 6) is 0. The molecule has 3 nitrogen and oxygen atoms in total. The summed E-state index contributed by atoms with van der Waals surface area (Å²) in [6.07, 6.45) is 9.03. The minimum Gasteiger partial charge on any atom is -0.394 e.